The molecule has 5 heteroatoms. The number of carbonyl (C=O) groups is 1. The topological polar surface area (TPSA) is 38.8 Å². The summed E-state index contributed by atoms with van der Waals surface area (Å²) in [6.45, 7) is 7.76. The number of hydrogen-bond donors (Lipinski definition) is 0. The predicted molar refractivity (Wildman–Crippen MR) is 138 cm³/mol. The summed E-state index contributed by atoms with van der Waals surface area (Å²) in [6, 6.07) is 20.1. The third-order valence-corrected chi connectivity index (χ3v) is 6.27. The number of benzene rings is 3. The van der Waals surface area contributed by atoms with Crippen LogP contribution in [0.15, 0.2) is 65.1 Å². The highest BCUT2D eigenvalue weighted by molar-refractivity contribution is 9.10. The number of halogens is 1. The van der Waals surface area contributed by atoms with Crippen molar-refractivity contribution in [2.24, 2.45) is 0 Å². The minimum Gasteiger partial charge on any atom is -0.490 e. The van der Waals surface area contributed by atoms with Crippen LogP contribution in [0.5, 0.6) is 11.5 Å². The quantitative estimate of drug-likeness (QED) is 0.308. The first-order chi connectivity index (χ1) is 16.0. The van der Waals surface area contributed by atoms with Crippen molar-refractivity contribution in [3.05, 3.63) is 87.4 Å². The number of nitrogens with zero attached hydrogens (tertiary/aromatic N) is 1. The number of anilines is 1. The summed E-state index contributed by atoms with van der Waals surface area (Å²) in [6.07, 6.45) is 2.84. The second kappa shape index (κ2) is 10.3. The highest BCUT2D eigenvalue weighted by atomic mass is 79.9. The molecule has 0 saturated heterocycles. The zero-order chi connectivity index (χ0) is 23.4. The molecular formula is C28H28BrNO3. The number of fused-ring (bicyclic) bond motifs is 1. The van der Waals surface area contributed by atoms with Gasteiger partial charge >= 0.3 is 0 Å². The van der Waals surface area contributed by atoms with Crippen LogP contribution in [0.4, 0.5) is 5.69 Å². The van der Waals surface area contributed by atoms with Crippen LogP contribution in [0.3, 0.4) is 0 Å². The standard InChI is InChI=1S/C28H28BrNO3/c1-4-14-30-25-9-7-6-8-22(25)23(28(30)31)15-21-16-26(32-5-2)27(17-24(21)29)33-18-20-12-10-19(3)11-13-20/h6-13,15-17H,4-5,14,18H2,1-3H3/b23-15-. The molecule has 0 aromatic heterocycles. The van der Waals surface area contributed by atoms with Gasteiger partial charge in [-0.25, -0.2) is 0 Å². The Morgan fingerprint density at radius 2 is 1.70 bits per heavy atom. The van der Waals surface area contributed by atoms with E-state index in [9.17, 15) is 4.79 Å². The lowest BCUT2D eigenvalue weighted by Crippen LogP contribution is -2.26. The van der Waals surface area contributed by atoms with Crippen molar-refractivity contribution >= 4 is 39.2 Å². The zero-order valence-corrected chi connectivity index (χ0v) is 20.8. The van der Waals surface area contributed by atoms with Crippen LogP contribution < -0.4 is 14.4 Å². The number of amides is 1. The number of carbonyl (C=O) groups excluding carboxylic acids is 1. The van der Waals surface area contributed by atoms with Crippen LogP contribution in [-0.4, -0.2) is 19.1 Å². The fourth-order valence-electron chi connectivity index (χ4n) is 3.94. The number of ether oxygens (including phenoxy) is 2. The maximum absolute atomic E-state index is 13.2. The molecule has 0 spiro atoms. The van der Waals surface area contributed by atoms with Gasteiger partial charge in [-0.1, -0.05) is 70.9 Å². The third-order valence-electron chi connectivity index (χ3n) is 5.59. The molecule has 1 aliphatic heterocycles. The normalized spacial score (nSPS) is 14.0. The predicted octanol–water partition coefficient (Wildman–Crippen LogP) is 7.03. The summed E-state index contributed by atoms with van der Waals surface area (Å²) in [4.78, 5) is 15.1. The molecule has 0 saturated carbocycles. The SMILES string of the molecule is CCCN1C(=O)/C(=C\c2cc(OCC)c(OCc3ccc(C)cc3)cc2Br)c2ccccc21. The first kappa shape index (κ1) is 23.1. The first-order valence-corrected chi connectivity index (χ1v) is 12.1. The average Bonchev–Trinajstić information content (AvgIpc) is 3.07. The summed E-state index contributed by atoms with van der Waals surface area (Å²) in [5, 5.41) is 0. The third kappa shape index (κ3) is 4.98. The van der Waals surface area contributed by atoms with Gasteiger partial charge in [-0.15, -0.1) is 0 Å². The first-order valence-electron chi connectivity index (χ1n) is 11.3. The van der Waals surface area contributed by atoms with Gasteiger partial charge in [-0.3, -0.25) is 4.79 Å². The molecule has 0 atom stereocenters. The molecule has 0 bridgehead atoms. The summed E-state index contributed by atoms with van der Waals surface area (Å²) >= 11 is 3.68. The molecule has 0 radical (unpaired) electrons. The monoisotopic (exact) mass is 505 g/mol. The number of hydrogen-bond acceptors (Lipinski definition) is 3. The van der Waals surface area contributed by atoms with Crippen LogP contribution in [0.2, 0.25) is 0 Å². The van der Waals surface area contributed by atoms with Gasteiger partial charge in [-0.05, 0) is 55.7 Å². The maximum Gasteiger partial charge on any atom is 0.258 e. The van der Waals surface area contributed by atoms with Crippen LogP contribution in [0, 0.1) is 6.92 Å². The Kier molecular flexibility index (Phi) is 7.19. The molecule has 4 nitrogen and oxygen atoms in total. The van der Waals surface area contributed by atoms with E-state index in [1.165, 1.54) is 5.56 Å². The number of aryl methyl sites for hydroxylation is 1. The fraction of sp³-hybridized carbons (Fsp3) is 0.250. The minimum absolute atomic E-state index is 0.0302. The molecule has 0 fully saturated rings. The van der Waals surface area contributed by atoms with Crippen molar-refractivity contribution in [1.29, 1.82) is 0 Å². The summed E-state index contributed by atoms with van der Waals surface area (Å²) in [5.41, 5.74) is 5.80. The van der Waals surface area contributed by atoms with E-state index < -0.39 is 0 Å². The second-order valence-corrected chi connectivity index (χ2v) is 8.91. The van der Waals surface area contributed by atoms with Crippen molar-refractivity contribution in [1.82, 2.24) is 0 Å². The number of para-hydroxylation sites is 1. The van der Waals surface area contributed by atoms with Crippen LogP contribution >= 0.6 is 15.9 Å². The van der Waals surface area contributed by atoms with E-state index in [-0.39, 0.29) is 5.91 Å². The van der Waals surface area contributed by atoms with Gasteiger partial charge in [0.1, 0.15) is 6.61 Å². The Hall–Kier alpha value is -3.05. The van der Waals surface area contributed by atoms with E-state index in [0.29, 0.717) is 36.8 Å². The smallest absolute Gasteiger partial charge is 0.258 e. The lowest BCUT2D eigenvalue weighted by molar-refractivity contribution is -0.113. The summed E-state index contributed by atoms with van der Waals surface area (Å²) < 4.78 is 12.8. The van der Waals surface area contributed by atoms with E-state index >= 15 is 0 Å². The Morgan fingerprint density at radius 3 is 2.42 bits per heavy atom. The van der Waals surface area contributed by atoms with E-state index in [0.717, 1.165) is 33.3 Å². The van der Waals surface area contributed by atoms with Gasteiger partial charge in [0, 0.05) is 22.2 Å². The largest absolute Gasteiger partial charge is 0.490 e. The molecule has 3 aromatic rings. The van der Waals surface area contributed by atoms with Gasteiger partial charge in [-0.2, -0.15) is 0 Å². The Bertz CT molecular complexity index is 1180. The lowest BCUT2D eigenvalue weighted by atomic mass is 10.0. The lowest BCUT2D eigenvalue weighted by Gasteiger charge is -2.15. The summed E-state index contributed by atoms with van der Waals surface area (Å²) in [7, 11) is 0. The molecule has 4 rings (SSSR count). The highest BCUT2D eigenvalue weighted by Gasteiger charge is 2.31. The van der Waals surface area contributed by atoms with Gasteiger partial charge in [0.25, 0.3) is 5.91 Å². The van der Waals surface area contributed by atoms with Crippen molar-refractivity contribution in [2.75, 3.05) is 18.1 Å². The van der Waals surface area contributed by atoms with E-state index in [4.69, 9.17) is 9.47 Å². The molecule has 0 unspecified atom stereocenters. The Balaban J connectivity index is 1.67. The molecule has 0 aliphatic carbocycles. The second-order valence-electron chi connectivity index (χ2n) is 8.06. The fourth-order valence-corrected chi connectivity index (χ4v) is 4.37. The van der Waals surface area contributed by atoms with Crippen molar-refractivity contribution in [2.45, 2.75) is 33.8 Å². The van der Waals surface area contributed by atoms with E-state index in [1.807, 2.05) is 54.3 Å². The van der Waals surface area contributed by atoms with Crippen LogP contribution in [0.1, 0.15) is 42.5 Å². The van der Waals surface area contributed by atoms with Crippen molar-refractivity contribution in [3.63, 3.8) is 0 Å². The van der Waals surface area contributed by atoms with Gasteiger partial charge < -0.3 is 14.4 Å². The zero-order valence-electron chi connectivity index (χ0n) is 19.2. The molecule has 1 amide bonds. The summed E-state index contributed by atoms with van der Waals surface area (Å²) in [5.74, 6) is 1.35. The van der Waals surface area contributed by atoms with Gasteiger partial charge in [0.15, 0.2) is 11.5 Å². The molecule has 0 N–H and O–H groups in total. The van der Waals surface area contributed by atoms with E-state index in [2.05, 4.69) is 54.0 Å². The number of rotatable bonds is 8. The average molecular weight is 506 g/mol. The Morgan fingerprint density at radius 1 is 0.970 bits per heavy atom. The molecule has 3 aromatic carbocycles. The van der Waals surface area contributed by atoms with Crippen LogP contribution in [-0.2, 0) is 11.4 Å². The molecule has 1 aliphatic rings. The van der Waals surface area contributed by atoms with Gasteiger partial charge in [0.2, 0.25) is 0 Å². The molecule has 1 heterocycles. The maximum atomic E-state index is 13.2. The highest BCUT2D eigenvalue weighted by Crippen LogP contribution is 2.40. The molecule has 33 heavy (non-hydrogen) atoms. The van der Waals surface area contributed by atoms with Crippen molar-refractivity contribution < 1.29 is 14.3 Å². The van der Waals surface area contributed by atoms with Crippen molar-refractivity contribution in [3.8, 4) is 11.5 Å². The molecular weight excluding hydrogens is 478 g/mol. The van der Waals surface area contributed by atoms with E-state index in [1.54, 1.807) is 0 Å². The van der Waals surface area contributed by atoms with Crippen LogP contribution in [0.25, 0.3) is 11.6 Å². The Labute approximate surface area is 204 Å². The minimum atomic E-state index is 0.0302. The van der Waals surface area contributed by atoms with Gasteiger partial charge in [0.05, 0.1) is 12.3 Å². The molecule has 170 valence electrons.